The van der Waals surface area contributed by atoms with Crippen molar-refractivity contribution < 1.29 is 15.0 Å². The molecule has 0 amide bonds. The van der Waals surface area contributed by atoms with Crippen LogP contribution in [0.15, 0.2) is 36.4 Å². The topological polar surface area (TPSA) is 83.5 Å². The summed E-state index contributed by atoms with van der Waals surface area (Å²) in [4.78, 5) is 10.3. The number of carboxylic acids is 1. The van der Waals surface area contributed by atoms with Crippen LogP contribution in [0.5, 0.6) is 0 Å². The van der Waals surface area contributed by atoms with Gasteiger partial charge in [0.15, 0.2) is 0 Å². The summed E-state index contributed by atoms with van der Waals surface area (Å²) in [6, 6.07) is 6.36. The lowest BCUT2D eigenvalue weighted by molar-refractivity contribution is 0.0698. The molecule has 4 nitrogen and oxygen atoms in total. The fourth-order valence-electron chi connectivity index (χ4n) is 1.05. The average Bonchev–Trinajstić information content (AvgIpc) is 2.31. The molecule has 0 fully saturated rings. The molecule has 0 saturated carbocycles. The monoisotopic (exact) mass is 237 g/mol. The molecule has 0 unspecified atom stereocenters. The van der Waals surface area contributed by atoms with E-state index in [1.807, 2.05) is 6.08 Å². The fraction of sp³-hybridized carbons (Fsp3) is 0.308. The molecule has 1 rings (SSSR count). The Balaban J connectivity index is 0.000000325. The number of hydrogen-bond donors (Lipinski definition) is 3. The predicted octanol–water partition coefficient (Wildman–Crippen LogP) is 2.30. The maximum atomic E-state index is 10.3. The van der Waals surface area contributed by atoms with Gasteiger partial charge < -0.3 is 15.9 Å². The maximum Gasteiger partial charge on any atom is 0.337 e. The highest BCUT2D eigenvalue weighted by Crippen LogP contribution is 2.08. The molecule has 1 aromatic rings. The molecule has 4 heteroatoms. The van der Waals surface area contributed by atoms with Crippen LogP contribution in [0.1, 0.15) is 30.1 Å². The Morgan fingerprint density at radius 3 is 2.41 bits per heavy atom. The second-order valence-corrected chi connectivity index (χ2v) is 3.28. The van der Waals surface area contributed by atoms with Crippen LogP contribution >= 0.6 is 0 Å². The van der Waals surface area contributed by atoms with Gasteiger partial charge in [-0.1, -0.05) is 31.2 Å². The zero-order valence-corrected chi connectivity index (χ0v) is 9.97. The third kappa shape index (κ3) is 7.14. The molecular weight excluding hydrogens is 218 g/mol. The van der Waals surface area contributed by atoms with Gasteiger partial charge >= 0.3 is 5.97 Å². The van der Waals surface area contributed by atoms with Gasteiger partial charge in [0.05, 0.1) is 5.56 Å². The molecular formula is C13H19NO3. The highest BCUT2D eigenvalue weighted by atomic mass is 16.4. The van der Waals surface area contributed by atoms with Crippen molar-refractivity contribution in [3.8, 4) is 0 Å². The molecule has 0 aliphatic heterocycles. The second kappa shape index (κ2) is 9.42. The van der Waals surface area contributed by atoms with Gasteiger partial charge in [-0.05, 0) is 25.0 Å². The molecule has 0 aliphatic carbocycles. The van der Waals surface area contributed by atoms with Crippen molar-refractivity contribution >= 4 is 11.7 Å². The number of benzene rings is 1. The number of aliphatic hydroxyl groups is 1. The first-order valence-electron chi connectivity index (χ1n) is 5.47. The number of carboxylic acid groups (broad SMARTS) is 1. The van der Waals surface area contributed by atoms with Gasteiger partial charge in [0.1, 0.15) is 0 Å². The largest absolute Gasteiger partial charge is 0.478 e. The molecule has 0 aromatic heterocycles. The van der Waals surface area contributed by atoms with E-state index in [4.69, 9.17) is 15.9 Å². The molecule has 94 valence electrons. The number of rotatable bonds is 4. The molecule has 0 spiro atoms. The van der Waals surface area contributed by atoms with E-state index in [-0.39, 0.29) is 12.2 Å². The number of allylic oxidation sites excluding steroid dienone is 1. The van der Waals surface area contributed by atoms with E-state index in [1.54, 1.807) is 18.2 Å². The molecule has 17 heavy (non-hydrogen) atoms. The minimum atomic E-state index is -0.988. The predicted molar refractivity (Wildman–Crippen MR) is 68.9 cm³/mol. The molecule has 0 aliphatic rings. The molecule has 0 heterocycles. The first-order chi connectivity index (χ1) is 8.13. The summed E-state index contributed by atoms with van der Waals surface area (Å²) >= 11 is 0. The fourth-order valence-corrected chi connectivity index (χ4v) is 1.05. The van der Waals surface area contributed by atoms with E-state index in [0.29, 0.717) is 5.69 Å². The minimum absolute atomic E-state index is 0.155. The SMILES string of the molecule is CC/C=C\CCO.Nc1ccccc1C(=O)O. The number of aromatic carboxylic acids is 1. The van der Waals surface area contributed by atoms with Crippen molar-refractivity contribution in [1.29, 1.82) is 0 Å². The number of nitrogens with two attached hydrogens (primary N) is 1. The number of carbonyl (C=O) groups is 1. The van der Waals surface area contributed by atoms with Crippen LogP contribution in [0, 0.1) is 0 Å². The summed E-state index contributed by atoms with van der Waals surface area (Å²) in [5.41, 5.74) is 5.80. The van der Waals surface area contributed by atoms with Crippen LogP contribution in [-0.4, -0.2) is 22.8 Å². The first kappa shape index (κ1) is 15.2. The Morgan fingerprint density at radius 2 is 2.00 bits per heavy atom. The van der Waals surface area contributed by atoms with Crippen molar-refractivity contribution in [2.24, 2.45) is 0 Å². The standard InChI is InChI=1S/C7H7NO2.C6H12O/c8-6-4-2-1-3-5(6)7(9)10;1-2-3-4-5-6-7/h1-4H,8H2,(H,9,10);3-4,7H,2,5-6H2,1H3/b;4-3-. The highest BCUT2D eigenvalue weighted by Gasteiger charge is 2.03. The van der Waals surface area contributed by atoms with Crippen LogP contribution < -0.4 is 5.73 Å². The summed E-state index contributed by atoms with van der Waals surface area (Å²) in [6.07, 6.45) is 5.91. The van der Waals surface area contributed by atoms with Gasteiger partial charge in [-0.3, -0.25) is 0 Å². The number of para-hydroxylation sites is 1. The lowest BCUT2D eigenvalue weighted by atomic mass is 10.2. The normalized spacial score (nSPS) is 9.76. The van der Waals surface area contributed by atoms with E-state index in [9.17, 15) is 4.79 Å². The van der Waals surface area contributed by atoms with Crippen molar-refractivity contribution in [3.63, 3.8) is 0 Å². The van der Waals surface area contributed by atoms with Crippen LogP contribution in [0.2, 0.25) is 0 Å². The van der Waals surface area contributed by atoms with E-state index in [1.165, 1.54) is 6.07 Å². The third-order valence-corrected chi connectivity index (χ3v) is 1.89. The van der Waals surface area contributed by atoms with Gasteiger partial charge in [0.25, 0.3) is 0 Å². The molecule has 0 saturated heterocycles. The summed E-state index contributed by atoms with van der Waals surface area (Å²) in [5, 5.41) is 16.7. The summed E-state index contributed by atoms with van der Waals surface area (Å²) in [5.74, 6) is -0.988. The van der Waals surface area contributed by atoms with Crippen LogP contribution in [0.3, 0.4) is 0 Å². The number of anilines is 1. The molecule has 0 bridgehead atoms. The second-order valence-electron chi connectivity index (χ2n) is 3.28. The molecule has 0 atom stereocenters. The Morgan fingerprint density at radius 1 is 1.35 bits per heavy atom. The molecule has 0 radical (unpaired) electrons. The third-order valence-electron chi connectivity index (χ3n) is 1.89. The van der Waals surface area contributed by atoms with Crippen molar-refractivity contribution in [2.75, 3.05) is 12.3 Å². The zero-order valence-electron chi connectivity index (χ0n) is 9.97. The maximum absolute atomic E-state index is 10.3. The number of hydrogen-bond acceptors (Lipinski definition) is 3. The minimum Gasteiger partial charge on any atom is -0.478 e. The smallest absolute Gasteiger partial charge is 0.337 e. The quantitative estimate of drug-likeness (QED) is 0.554. The van der Waals surface area contributed by atoms with E-state index < -0.39 is 5.97 Å². The summed E-state index contributed by atoms with van der Waals surface area (Å²) in [6.45, 7) is 2.35. The Bertz CT molecular complexity index is 361. The van der Waals surface area contributed by atoms with Crippen LogP contribution in [-0.2, 0) is 0 Å². The Kier molecular flexibility index (Phi) is 8.42. The van der Waals surface area contributed by atoms with Crippen LogP contribution in [0.4, 0.5) is 5.69 Å². The van der Waals surface area contributed by atoms with Gasteiger partial charge in [0.2, 0.25) is 0 Å². The van der Waals surface area contributed by atoms with Crippen molar-refractivity contribution in [3.05, 3.63) is 42.0 Å². The Hall–Kier alpha value is -1.81. The summed E-state index contributed by atoms with van der Waals surface area (Å²) < 4.78 is 0. The molecule has 1 aromatic carbocycles. The van der Waals surface area contributed by atoms with E-state index in [2.05, 4.69) is 13.0 Å². The highest BCUT2D eigenvalue weighted by molar-refractivity contribution is 5.93. The van der Waals surface area contributed by atoms with Gasteiger partial charge in [0, 0.05) is 12.3 Å². The van der Waals surface area contributed by atoms with Crippen molar-refractivity contribution in [2.45, 2.75) is 19.8 Å². The zero-order chi connectivity index (χ0) is 13.1. The lowest BCUT2D eigenvalue weighted by Gasteiger charge is -1.96. The average molecular weight is 237 g/mol. The Labute approximate surface area is 101 Å². The number of nitrogen functional groups attached to an aromatic ring is 1. The van der Waals surface area contributed by atoms with Crippen molar-refractivity contribution in [1.82, 2.24) is 0 Å². The van der Waals surface area contributed by atoms with Gasteiger partial charge in [-0.15, -0.1) is 0 Å². The van der Waals surface area contributed by atoms with E-state index in [0.717, 1.165) is 12.8 Å². The van der Waals surface area contributed by atoms with Gasteiger partial charge in [-0.2, -0.15) is 0 Å². The molecule has 4 N–H and O–H groups in total. The van der Waals surface area contributed by atoms with Gasteiger partial charge in [-0.25, -0.2) is 4.79 Å². The van der Waals surface area contributed by atoms with E-state index >= 15 is 0 Å². The lowest BCUT2D eigenvalue weighted by Crippen LogP contribution is -2.00. The first-order valence-corrected chi connectivity index (χ1v) is 5.47. The number of aliphatic hydroxyl groups excluding tert-OH is 1. The summed E-state index contributed by atoms with van der Waals surface area (Å²) in [7, 11) is 0. The van der Waals surface area contributed by atoms with Crippen LogP contribution in [0.25, 0.3) is 0 Å².